The molecule has 0 spiro atoms. The summed E-state index contributed by atoms with van der Waals surface area (Å²) >= 11 is 0. The summed E-state index contributed by atoms with van der Waals surface area (Å²) in [5.41, 5.74) is -0.826. The zero-order chi connectivity index (χ0) is 22.1. The van der Waals surface area contributed by atoms with Crippen molar-refractivity contribution in [3.05, 3.63) is 0 Å². The first kappa shape index (κ1) is 22.8. The van der Waals surface area contributed by atoms with Gasteiger partial charge in [0.1, 0.15) is 5.60 Å². The smallest absolute Gasteiger partial charge is 0.373 e. The Labute approximate surface area is 167 Å². The second kappa shape index (κ2) is 8.07. The number of nitrogens with zero attached hydrogens (tertiary/aromatic N) is 1. The van der Waals surface area contributed by atoms with Crippen LogP contribution in [0.25, 0.3) is 0 Å². The number of amides is 2. The van der Waals surface area contributed by atoms with Gasteiger partial charge in [0, 0.05) is 12.8 Å². The topological polar surface area (TPSA) is 135 Å². The predicted octanol–water partition coefficient (Wildman–Crippen LogP) is 0.387. The molecule has 2 aliphatic heterocycles. The Morgan fingerprint density at radius 2 is 1.52 bits per heavy atom. The molecule has 2 fully saturated rings. The van der Waals surface area contributed by atoms with Crippen molar-refractivity contribution in [2.24, 2.45) is 0 Å². The highest BCUT2D eigenvalue weighted by atomic mass is 16.8. The van der Waals surface area contributed by atoms with Crippen LogP contribution in [0.4, 0.5) is 0 Å². The minimum atomic E-state index is -1.48. The van der Waals surface area contributed by atoms with E-state index in [9.17, 15) is 24.0 Å². The molecule has 0 unspecified atom stereocenters. The minimum Gasteiger partial charge on any atom is -0.458 e. The monoisotopic (exact) mass is 415 g/mol. The van der Waals surface area contributed by atoms with Crippen LogP contribution in [0, 0.1) is 0 Å². The molecule has 0 aliphatic carbocycles. The Hall–Kier alpha value is -2.53. The second-order valence-electron chi connectivity index (χ2n) is 8.08. The SMILES string of the molecule is C[C@H](OC(=O)[C@H]1OC(C)(C)O[C@@H]1C(=O)OC(C)(C)C)C(=O)ON1C(=O)CCC1=O. The molecule has 162 valence electrons. The van der Waals surface area contributed by atoms with Gasteiger partial charge in [-0.1, -0.05) is 0 Å². The van der Waals surface area contributed by atoms with Gasteiger partial charge in [-0.25, -0.2) is 14.4 Å². The van der Waals surface area contributed by atoms with Crippen LogP contribution in [0.3, 0.4) is 0 Å². The lowest BCUT2D eigenvalue weighted by molar-refractivity contribution is -0.207. The Morgan fingerprint density at radius 1 is 1.03 bits per heavy atom. The van der Waals surface area contributed by atoms with E-state index < -0.39 is 59.4 Å². The van der Waals surface area contributed by atoms with Gasteiger partial charge in [-0.2, -0.15) is 0 Å². The van der Waals surface area contributed by atoms with E-state index in [1.54, 1.807) is 20.8 Å². The van der Waals surface area contributed by atoms with Crippen molar-refractivity contribution in [3.63, 3.8) is 0 Å². The van der Waals surface area contributed by atoms with Crippen LogP contribution in [0.1, 0.15) is 54.4 Å². The van der Waals surface area contributed by atoms with Crippen LogP contribution in [0.15, 0.2) is 0 Å². The van der Waals surface area contributed by atoms with Crippen molar-refractivity contribution >= 4 is 29.7 Å². The van der Waals surface area contributed by atoms with E-state index in [4.69, 9.17) is 23.8 Å². The summed E-state index contributed by atoms with van der Waals surface area (Å²) in [5.74, 6) is -5.62. The summed E-state index contributed by atoms with van der Waals surface area (Å²) in [6, 6.07) is 0. The van der Waals surface area contributed by atoms with Gasteiger partial charge in [-0.05, 0) is 41.5 Å². The summed E-state index contributed by atoms with van der Waals surface area (Å²) in [4.78, 5) is 64.7. The zero-order valence-electron chi connectivity index (χ0n) is 17.2. The van der Waals surface area contributed by atoms with E-state index >= 15 is 0 Å². The highest BCUT2D eigenvalue weighted by Crippen LogP contribution is 2.31. The molecule has 29 heavy (non-hydrogen) atoms. The summed E-state index contributed by atoms with van der Waals surface area (Å²) in [6.45, 7) is 9.14. The normalized spacial score (nSPS) is 25.0. The molecule has 0 aromatic rings. The fraction of sp³-hybridized carbons (Fsp3) is 0.722. The summed E-state index contributed by atoms with van der Waals surface area (Å²) < 4.78 is 21.1. The highest BCUT2D eigenvalue weighted by Gasteiger charge is 2.52. The number of carbonyl (C=O) groups excluding carboxylic acids is 5. The van der Waals surface area contributed by atoms with Gasteiger partial charge in [0.2, 0.25) is 0 Å². The van der Waals surface area contributed by atoms with E-state index in [0.717, 1.165) is 0 Å². The molecule has 3 atom stereocenters. The molecule has 2 rings (SSSR count). The maximum Gasteiger partial charge on any atom is 0.373 e. The standard InChI is InChI=1S/C18H25NO10/c1-9(14(22)29-19-10(20)7-8-11(19)21)25-15(23)12-13(27-18(5,6)26-12)16(24)28-17(2,3)4/h9,12-13H,7-8H2,1-6H3/t9-,12-,13-/m0/s1. The maximum atomic E-state index is 12.5. The number of hydroxylamine groups is 2. The molecule has 0 bridgehead atoms. The van der Waals surface area contributed by atoms with Gasteiger partial charge in [0.05, 0.1) is 0 Å². The van der Waals surface area contributed by atoms with Crippen LogP contribution >= 0.6 is 0 Å². The van der Waals surface area contributed by atoms with Crippen molar-refractivity contribution in [1.29, 1.82) is 0 Å². The largest absolute Gasteiger partial charge is 0.458 e. The van der Waals surface area contributed by atoms with Crippen LogP contribution in [0.5, 0.6) is 0 Å². The Balaban J connectivity index is 2.02. The van der Waals surface area contributed by atoms with E-state index in [1.807, 2.05) is 0 Å². The third-order valence-corrected chi connectivity index (χ3v) is 3.78. The first-order valence-corrected chi connectivity index (χ1v) is 9.07. The van der Waals surface area contributed by atoms with Gasteiger partial charge in [0.15, 0.2) is 24.1 Å². The molecule has 2 heterocycles. The van der Waals surface area contributed by atoms with E-state index in [2.05, 4.69) is 0 Å². The molecule has 0 aromatic carbocycles. The van der Waals surface area contributed by atoms with Crippen LogP contribution < -0.4 is 0 Å². The Bertz CT molecular complexity index is 707. The summed E-state index contributed by atoms with van der Waals surface area (Å²) in [7, 11) is 0. The maximum absolute atomic E-state index is 12.5. The first-order valence-electron chi connectivity index (χ1n) is 9.07. The lowest BCUT2D eigenvalue weighted by atomic mass is 10.1. The highest BCUT2D eigenvalue weighted by molar-refractivity contribution is 6.01. The Morgan fingerprint density at radius 3 is 2.00 bits per heavy atom. The molecular weight excluding hydrogens is 390 g/mol. The van der Waals surface area contributed by atoms with Gasteiger partial charge < -0.3 is 23.8 Å². The third kappa shape index (κ3) is 5.73. The number of hydrogen-bond acceptors (Lipinski definition) is 10. The van der Waals surface area contributed by atoms with Crippen LogP contribution in [-0.4, -0.2) is 64.5 Å². The average Bonchev–Trinajstić information content (AvgIpc) is 3.06. The van der Waals surface area contributed by atoms with Crippen molar-refractivity contribution < 1.29 is 47.8 Å². The first-order chi connectivity index (χ1) is 13.2. The van der Waals surface area contributed by atoms with Crippen molar-refractivity contribution in [2.75, 3.05) is 0 Å². The molecule has 11 nitrogen and oxygen atoms in total. The van der Waals surface area contributed by atoms with Gasteiger partial charge >= 0.3 is 17.9 Å². The quantitative estimate of drug-likeness (QED) is 0.458. The number of hydrogen-bond donors (Lipinski definition) is 0. The fourth-order valence-corrected chi connectivity index (χ4v) is 2.58. The lowest BCUT2D eigenvalue weighted by Crippen LogP contribution is -2.44. The van der Waals surface area contributed by atoms with Crippen molar-refractivity contribution in [2.45, 2.75) is 84.1 Å². The number of carbonyl (C=O) groups is 5. The number of esters is 2. The number of imide groups is 1. The average molecular weight is 415 g/mol. The molecule has 2 amide bonds. The van der Waals surface area contributed by atoms with Crippen molar-refractivity contribution in [3.8, 4) is 0 Å². The second-order valence-corrected chi connectivity index (χ2v) is 8.08. The number of ether oxygens (including phenoxy) is 4. The fourth-order valence-electron chi connectivity index (χ4n) is 2.58. The summed E-state index contributed by atoms with van der Waals surface area (Å²) in [6.07, 6.45) is -4.50. The lowest BCUT2D eigenvalue weighted by Gasteiger charge is -2.23. The zero-order valence-corrected chi connectivity index (χ0v) is 17.2. The Kier molecular flexibility index (Phi) is 6.33. The van der Waals surface area contributed by atoms with E-state index in [0.29, 0.717) is 5.06 Å². The van der Waals surface area contributed by atoms with Crippen molar-refractivity contribution in [1.82, 2.24) is 5.06 Å². The molecule has 0 aromatic heterocycles. The third-order valence-electron chi connectivity index (χ3n) is 3.78. The molecule has 0 N–H and O–H groups in total. The van der Waals surface area contributed by atoms with Crippen LogP contribution in [0.2, 0.25) is 0 Å². The van der Waals surface area contributed by atoms with Crippen LogP contribution in [-0.2, 0) is 47.8 Å². The molecule has 0 saturated carbocycles. The molecule has 0 radical (unpaired) electrons. The molecule has 2 aliphatic rings. The van der Waals surface area contributed by atoms with E-state index in [1.165, 1.54) is 20.8 Å². The molecular formula is C18H25NO10. The minimum absolute atomic E-state index is 0.0693. The van der Waals surface area contributed by atoms with E-state index in [-0.39, 0.29) is 12.8 Å². The van der Waals surface area contributed by atoms with Gasteiger partial charge in [0.25, 0.3) is 11.8 Å². The van der Waals surface area contributed by atoms with Gasteiger partial charge in [-0.15, -0.1) is 5.06 Å². The summed E-state index contributed by atoms with van der Waals surface area (Å²) in [5, 5.41) is 0.342. The van der Waals surface area contributed by atoms with Gasteiger partial charge in [-0.3, -0.25) is 9.59 Å². The molecule has 2 saturated heterocycles. The predicted molar refractivity (Wildman–Crippen MR) is 92.4 cm³/mol. The number of rotatable bonds is 5. The molecule has 11 heteroatoms.